The SMILES string of the molecule is CC(=O)N[C@H]1[C@H]([C@@H](O)[C@H](O)CO)O[C@@](O[C@H]2[C@@H](O)[C@@H](CO)O[C@H](OC[C@H]3O[C@@H](O)[C@H](O)[C@@H](O)[C@@H]3O)[C@@H]2O)(C(=O)O)C[C@@H]1O. The molecule has 0 aromatic rings. The van der Waals surface area contributed by atoms with Crippen molar-refractivity contribution in [1.82, 2.24) is 5.32 Å². The molecule has 20 nitrogen and oxygen atoms in total. The van der Waals surface area contributed by atoms with E-state index in [0.29, 0.717) is 0 Å². The van der Waals surface area contributed by atoms with Crippen LogP contribution in [-0.4, -0.2) is 191 Å². The smallest absolute Gasteiger partial charge is 0.364 e. The zero-order chi connectivity index (χ0) is 32.4. The van der Waals surface area contributed by atoms with Crippen molar-refractivity contribution in [2.75, 3.05) is 19.8 Å². The van der Waals surface area contributed by atoms with E-state index in [0.717, 1.165) is 6.92 Å². The topological polar surface area (TPSA) is 335 Å². The minimum absolute atomic E-state index is 0.726. The molecular weight excluding hydrogens is 594 g/mol. The maximum absolute atomic E-state index is 12.5. The van der Waals surface area contributed by atoms with E-state index in [1.54, 1.807) is 0 Å². The molecular formula is C23H39NO19. The third kappa shape index (κ3) is 7.58. The predicted octanol–water partition coefficient (Wildman–Crippen LogP) is -8.22. The summed E-state index contributed by atoms with van der Waals surface area (Å²) in [6, 6.07) is -1.53. The Morgan fingerprint density at radius 2 is 1.58 bits per heavy atom. The van der Waals surface area contributed by atoms with E-state index in [-0.39, 0.29) is 0 Å². The molecule has 16 atom stereocenters. The van der Waals surface area contributed by atoms with Gasteiger partial charge >= 0.3 is 5.97 Å². The number of carbonyl (C=O) groups excluding carboxylic acids is 1. The van der Waals surface area contributed by atoms with Crippen molar-refractivity contribution in [3.05, 3.63) is 0 Å². The van der Waals surface area contributed by atoms with Gasteiger partial charge in [0.1, 0.15) is 67.1 Å². The van der Waals surface area contributed by atoms with Gasteiger partial charge in [0.15, 0.2) is 12.6 Å². The number of ether oxygens (including phenoxy) is 5. The highest BCUT2D eigenvalue weighted by Crippen LogP contribution is 2.37. The van der Waals surface area contributed by atoms with Crippen LogP contribution in [0.15, 0.2) is 0 Å². The van der Waals surface area contributed by atoms with Crippen molar-refractivity contribution < 1.29 is 94.6 Å². The van der Waals surface area contributed by atoms with Gasteiger partial charge in [-0.15, -0.1) is 0 Å². The Kier molecular flexibility index (Phi) is 12.1. The summed E-state index contributed by atoms with van der Waals surface area (Å²) in [4.78, 5) is 24.2. The third-order valence-electron chi connectivity index (χ3n) is 7.45. The highest BCUT2D eigenvalue weighted by atomic mass is 16.8. The number of aliphatic carboxylic acids is 1. The Morgan fingerprint density at radius 3 is 2.14 bits per heavy atom. The fourth-order valence-corrected chi connectivity index (χ4v) is 5.06. The zero-order valence-electron chi connectivity index (χ0n) is 22.7. The molecule has 0 aliphatic carbocycles. The summed E-state index contributed by atoms with van der Waals surface area (Å²) in [6.45, 7) is -1.65. The van der Waals surface area contributed by atoms with Crippen LogP contribution in [0.5, 0.6) is 0 Å². The average molecular weight is 634 g/mol. The Morgan fingerprint density at radius 1 is 0.930 bits per heavy atom. The summed E-state index contributed by atoms with van der Waals surface area (Å²) >= 11 is 0. The van der Waals surface area contributed by atoms with Gasteiger partial charge in [-0.25, -0.2) is 4.79 Å². The summed E-state index contributed by atoms with van der Waals surface area (Å²) in [5.74, 6) is -5.68. The van der Waals surface area contributed by atoms with Crippen molar-refractivity contribution >= 4 is 11.9 Å². The second-order valence-corrected chi connectivity index (χ2v) is 10.5. The van der Waals surface area contributed by atoms with Crippen LogP contribution in [0.3, 0.4) is 0 Å². The van der Waals surface area contributed by atoms with Gasteiger partial charge in [-0.1, -0.05) is 0 Å². The van der Waals surface area contributed by atoms with E-state index in [2.05, 4.69) is 5.32 Å². The molecule has 250 valence electrons. The summed E-state index contributed by atoms with van der Waals surface area (Å²) in [5.41, 5.74) is 0. The van der Waals surface area contributed by atoms with Gasteiger partial charge in [0, 0.05) is 13.3 Å². The van der Waals surface area contributed by atoms with Crippen LogP contribution < -0.4 is 5.32 Å². The van der Waals surface area contributed by atoms with Crippen molar-refractivity contribution in [3.8, 4) is 0 Å². The summed E-state index contributed by atoms with van der Waals surface area (Å²) in [6.07, 6.45) is -27.3. The van der Waals surface area contributed by atoms with Crippen molar-refractivity contribution in [1.29, 1.82) is 0 Å². The molecule has 3 heterocycles. The van der Waals surface area contributed by atoms with Gasteiger partial charge in [0.2, 0.25) is 5.91 Å². The summed E-state index contributed by atoms with van der Waals surface area (Å²) < 4.78 is 26.7. The number of amides is 1. The Labute approximate surface area is 243 Å². The number of aliphatic hydroxyl groups excluding tert-OH is 11. The first kappa shape index (κ1) is 35.8. The fourth-order valence-electron chi connectivity index (χ4n) is 5.06. The minimum atomic E-state index is -2.99. The van der Waals surface area contributed by atoms with Gasteiger partial charge < -0.3 is 90.3 Å². The quantitative estimate of drug-likeness (QED) is 0.100. The molecule has 0 spiro atoms. The van der Waals surface area contributed by atoms with Crippen molar-refractivity contribution in [3.63, 3.8) is 0 Å². The molecule has 13 N–H and O–H groups in total. The predicted molar refractivity (Wildman–Crippen MR) is 130 cm³/mol. The van der Waals surface area contributed by atoms with Crippen molar-refractivity contribution in [2.45, 2.75) is 111 Å². The molecule has 43 heavy (non-hydrogen) atoms. The van der Waals surface area contributed by atoms with Gasteiger partial charge in [-0.3, -0.25) is 4.79 Å². The molecule has 3 rings (SSSR count). The molecule has 0 aromatic heterocycles. The molecule has 3 aliphatic rings. The summed E-state index contributed by atoms with van der Waals surface area (Å²) in [5, 5.41) is 124. The van der Waals surface area contributed by atoms with Gasteiger partial charge in [-0.2, -0.15) is 0 Å². The normalized spacial score (nSPS) is 45.3. The number of hydrogen-bond acceptors (Lipinski definition) is 18. The number of aliphatic hydroxyl groups is 11. The van der Waals surface area contributed by atoms with E-state index in [9.17, 15) is 70.9 Å². The van der Waals surface area contributed by atoms with Gasteiger partial charge in [0.25, 0.3) is 5.79 Å². The summed E-state index contributed by atoms with van der Waals surface area (Å²) in [7, 11) is 0. The van der Waals surface area contributed by atoms with E-state index in [1.807, 2.05) is 0 Å². The maximum atomic E-state index is 12.5. The number of carboxylic acids is 1. The van der Waals surface area contributed by atoms with Crippen LogP contribution in [0.2, 0.25) is 0 Å². The van der Waals surface area contributed by atoms with Gasteiger partial charge in [0.05, 0.1) is 32.0 Å². The third-order valence-corrected chi connectivity index (χ3v) is 7.45. The van der Waals surface area contributed by atoms with Crippen LogP contribution in [0.4, 0.5) is 0 Å². The van der Waals surface area contributed by atoms with Crippen LogP contribution in [-0.2, 0) is 33.3 Å². The van der Waals surface area contributed by atoms with Crippen LogP contribution in [0.25, 0.3) is 0 Å². The molecule has 1 amide bonds. The number of hydrogen-bond donors (Lipinski definition) is 13. The minimum Gasteiger partial charge on any atom is -0.477 e. The Balaban J connectivity index is 1.87. The molecule has 3 aliphatic heterocycles. The lowest BCUT2D eigenvalue weighted by atomic mass is 9.88. The van der Waals surface area contributed by atoms with Crippen LogP contribution in [0.1, 0.15) is 13.3 Å². The fraction of sp³-hybridized carbons (Fsp3) is 0.913. The second kappa shape index (κ2) is 14.6. The van der Waals surface area contributed by atoms with E-state index in [1.165, 1.54) is 0 Å². The molecule has 0 saturated carbocycles. The highest BCUT2D eigenvalue weighted by molar-refractivity contribution is 5.76. The number of rotatable bonds is 11. The van der Waals surface area contributed by atoms with E-state index in [4.69, 9.17) is 23.7 Å². The first-order valence-corrected chi connectivity index (χ1v) is 13.2. The Bertz CT molecular complexity index is 944. The lowest BCUT2D eigenvalue weighted by Gasteiger charge is -2.50. The first-order valence-electron chi connectivity index (χ1n) is 13.2. The van der Waals surface area contributed by atoms with Crippen LogP contribution >= 0.6 is 0 Å². The molecule has 0 aromatic carbocycles. The molecule has 0 bridgehead atoms. The van der Waals surface area contributed by atoms with Crippen molar-refractivity contribution in [2.24, 2.45) is 0 Å². The van der Waals surface area contributed by atoms with E-state index >= 15 is 0 Å². The second-order valence-electron chi connectivity index (χ2n) is 10.5. The molecule has 0 unspecified atom stereocenters. The number of nitrogens with one attached hydrogen (secondary N) is 1. The van der Waals surface area contributed by atoms with E-state index < -0.39 is 136 Å². The first-order chi connectivity index (χ1) is 20.1. The number of carboxylic acid groups (broad SMARTS) is 1. The molecule has 0 radical (unpaired) electrons. The molecule has 3 saturated heterocycles. The lowest BCUT2D eigenvalue weighted by molar-refractivity contribution is -0.373. The number of carbonyl (C=O) groups is 2. The molecule has 20 heteroatoms. The highest BCUT2D eigenvalue weighted by Gasteiger charge is 2.59. The van der Waals surface area contributed by atoms with Gasteiger partial charge in [-0.05, 0) is 0 Å². The zero-order valence-corrected chi connectivity index (χ0v) is 22.7. The maximum Gasteiger partial charge on any atom is 0.364 e. The Hall–Kier alpha value is -1.70. The standard InChI is InChI=1S/C23H39NO19/c1-6(27)24-11-7(28)2-23(22(37)38,42-18(11)12(30)8(29)3-25)43-19-14(32)9(4-26)41-21(17(19)35)39-5-10-13(31)15(33)16(34)20(36)40-10/h7-21,25-26,28-36H,2-5H2,1H3,(H,24,27)(H,37,38)/t7-,8+,9+,10+,11+,12-,13+,14-,15-,16+,17+,18+,19-,20+,21-,23-/m0/s1. The lowest BCUT2D eigenvalue weighted by Crippen LogP contribution is -2.70. The van der Waals surface area contributed by atoms with Crippen LogP contribution in [0, 0.1) is 0 Å². The largest absolute Gasteiger partial charge is 0.477 e. The monoisotopic (exact) mass is 633 g/mol. The average Bonchev–Trinajstić information content (AvgIpc) is 2.96. The molecule has 3 fully saturated rings.